The van der Waals surface area contributed by atoms with Crippen molar-refractivity contribution in [3.63, 3.8) is 0 Å². The minimum absolute atomic E-state index is 0.0825. The van der Waals surface area contributed by atoms with Gasteiger partial charge < -0.3 is 14.5 Å². The van der Waals surface area contributed by atoms with Gasteiger partial charge in [0.2, 0.25) is 0 Å². The second-order valence-electron chi connectivity index (χ2n) is 8.59. The lowest BCUT2D eigenvalue weighted by atomic mass is 9.92. The van der Waals surface area contributed by atoms with Crippen molar-refractivity contribution < 1.29 is 23.2 Å². The Hall–Kier alpha value is -4.15. The molecule has 0 bridgehead atoms. The highest BCUT2D eigenvalue weighted by Gasteiger charge is 2.34. The molecular weight excluding hydrogens is 458 g/mol. The van der Waals surface area contributed by atoms with Gasteiger partial charge in [-0.25, -0.2) is 23.5 Å². The lowest BCUT2D eigenvalue weighted by Gasteiger charge is -2.36. The number of carboxylic acids is 1. The number of hydrogen-bond acceptors (Lipinski definition) is 7. The summed E-state index contributed by atoms with van der Waals surface area (Å²) in [5.74, 6) is -1.89. The zero-order valence-corrected chi connectivity index (χ0v) is 18.8. The van der Waals surface area contributed by atoms with Crippen molar-refractivity contribution in [3.8, 4) is 22.9 Å². The SMILES string of the molecule is C[C@H]1CCN(c2nc(-c3cc(-c4ccon4)n(Cc4ccccc4F)n3)ncc2F)[C@H](C(=O)O)C1. The van der Waals surface area contributed by atoms with Crippen LogP contribution in [-0.4, -0.2) is 48.6 Å². The number of anilines is 1. The Morgan fingerprint density at radius 2 is 2.03 bits per heavy atom. The van der Waals surface area contributed by atoms with E-state index in [-0.39, 0.29) is 29.9 Å². The molecule has 1 fully saturated rings. The average molecular weight is 480 g/mol. The molecule has 1 aromatic carbocycles. The van der Waals surface area contributed by atoms with E-state index in [0.29, 0.717) is 35.6 Å². The summed E-state index contributed by atoms with van der Waals surface area (Å²) < 4.78 is 35.6. The van der Waals surface area contributed by atoms with Crippen molar-refractivity contribution in [3.05, 3.63) is 66.1 Å². The van der Waals surface area contributed by atoms with E-state index in [1.54, 1.807) is 35.0 Å². The van der Waals surface area contributed by atoms with Crippen LogP contribution in [0.5, 0.6) is 0 Å². The van der Waals surface area contributed by atoms with Crippen LogP contribution in [0.2, 0.25) is 0 Å². The smallest absolute Gasteiger partial charge is 0.326 e. The van der Waals surface area contributed by atoms with Gasteiger partial charge in [0, 0.05) is 18.2 Å². The highest BCUT2D eigenvalue weighted by atomic mass is 19.1. The van der Waals surface area contributed by atoms with Crippen molar-refractivity contribution in [1.29, 1.82) is 0 Å². The number of piperidine rings is 1. The third-order valence-corrected chi connectivity index (χ3v) is 6.13. The van der Waals surface area contributed by atoms with Crippen molar-refractivity contribution >= 4 is 11.8 Å². The lowest BCUT2D eigenvalue weighted by Crippen LogP contribution is -2.47. The molecule has 9 nitrogen and oxygen atoms in total. The van der Waals surface area contributed by atoms with Crippen LogP contribution in [0.1, 0.15) is 25.3 Å². The van der Waals surface area contributed by atoms with E-state index < -0.39 is 17.8 Å². The molecule has 1 saturated heterocycles. The summed E-state index contributed by atoms with van der Waals surface area (Å²) in [6.45, 7) is 2.44. The summed E-state index contributed by atoms with van der Waals surface area (Å²) in [6, 6.07) is 8.76. The summed E-state index contributed by atoms with van der Waals surface area (Å²) in [5.41, 5.74) is 1.72. The quantitative estimate of drug-likeness (QED) is 0.441. The molecule has 4 aromatic rings. The van der Waals surface area contributed by atoms with E-state index in [4.69, 9.17) is 4.52 Å². The molecule has 1 N–H and O–H groups in total. The molecule has 5 rings (SSSR count). The molecule has 2 atom stereocenters. The van der Waals surface area contributed by atoms with Crippen LogP contribution in [0.25, 0.3) is 22.9 Å². The van der Waals surface area contributed by atoms with E-state index in [0.717, 1.165) is 12.6 Å². The second-order valence-corrected chi connectivity index (χ2v) is 8.59. The Morgan fingerprint density at radius 3 is 2.77 bits per heavy atom. The zero-order chi connectivity index (χ0) is 24.5. The summed E-state index contributed by atoms with van der Waals surface area (Å²) in [4.78, 5) is 21.8. The number of halogens is 2. The van der Waals surface area contributed by atoms with Gasteiger partial charge in [-0.05, 0) is 30.9 Å². The normalized spacial score (nSPS) is 18.1. The Morgan fingerprint density at radius 1 is 1.20 bits per heavy atom. The van der Waals surface area contributed by atoms with Gasteiger partial charge in [0.1, 0.15) is 29.5 Å². The van der Waals surface area contributed by atoms with Crippen LogP contribution < -0.4 is 4.90 Å². The molecule has 0 unspecified atom stereocenters. The van der Waals surface area contributed by atoms with E-state index in [9.17, 15) is 18.7 Å². The van der Waals surface area contributed by atoms with Crippen molar-refractivity contribution in [2.75, 3.05) is 11.4 Å². The van der Waals surface area contributed by atoms with Crippen LogP contribution in [0.4, 0.5) is 14.6 Å². The van der Waals surface area contributed by atoms with E-state index in [1.165, 1.54) is 17.2 Å². The fourth-order valence-corrected chi connectivity index (χ4v) is 4.30. The van der Waals surface area contributed by atoms with Crippen molar-refractivity contribution in [2.24, 2.45) is 5.92 Å². The monoisotopic (exact) mass is 480 g/mol. The molecule has 0 saturated carbocycles. The number of carbonyl (C=O) groups is 1. The van der Waals surface area contributed by atoms with Gasteiger partial charge >= 0.3 is 5.97 Å². The van der Waals surface area contributed by atoms with Gasteiger partial charge in [0.25, 0.3) is 0 Å². The Balaban J connectivity index is 1.55. The minimum atomic E-state index is -1.03. The van der Waals surface area contributed by atoms with Gasteiger partial charge in [0.15, 0.2) is 17.5 Å². The predicted octanol–water partition coefficient (Wildman–Crippen LogP) is 4.01. The number of carboxylic acid groups (broad SMARTS) is 1. The molecule has 0 spiro atoms. The largest absolute Gasteiger partial charge is 0.480 e. The highest BCUT2D eigenvalue weighted by molar-refractivity contribution is 5.78. The van der Waals surface area contributed by atoms with Crippen LogP contribution >= 0.6 is 0 Å². The molecule has 1 aliphatic rings. The summed E-state index contributed by atoms with van der Waals surface area (Å²) in [5, 5.41) is 18.2. The predicted molar refractivity (Wildman–Crippen MR) is 121 cm³/mol. The van der Waals surface area contributed by atoms with Gasteiger partial charge in [-0.2, -0.15) is 5.10 Å². The number of hydrogen-bond donors (Lipinski definition) is 1. The fourth-order valence-electron chi connectivity index (χ4n) is 4.30. The number of aliphatic carboxylic acids is 1. The first kappa shape index (κ1) is 22.6. The van der Waals surface area contributed by atoms with Crippen LogP contribution in [0, 0.1) is 17.6 Å². The van der Waals surface area contributed by atoms with Crippen molar-refractivity contribution in [2.45, 2.75) is 32.4 Å². The number of rotatable bonds is 6. The number of benzene rings is 1. The average Bonchev–Trinajstić information content (AvgIpc) is 3.51. The molecule has 35 heavy (non-hydrogen) atoms. The maximum Gasteiger partial charge on any atom is 0.326 e. The molecule has 1 aliphatic heterocycles. The maximum absolute atomic E-state index is 14.8. The first-order valence-corrected chi connectivity index (χ1v) is 11.1. The highest BCUT2D eigenvalue weighted by Crippen LogP contribution is 2.31. The molecule has 0 aliphatic carbocycles. The van der Waals surface area contributed by atoms with Crippen LogP contribution in [0.15, 0.2) is 53.4 Å². The third kappa shape index (κ3) is 4.48. The first-order chi connectivity index (χ1) is 16.9. The fraction of sp³-hybridized carbons (Fsp3) is 0.292. The van der Waals surface area contributed by atoms with Crippen molar-refractivity contribution in [1.82, 2.24) is 24.9 Å². The molecule has 11 heteroatoms. The molecule has 180 valence electrons. The topological polar surface area (TPSA) is 110 Å². The molecule has 3 aromatic heterocycles. The van der Waals surface area contributed by atoms with Gasteiger partial charge in [-0.3, -0.25) is 4.68 Å². The standard InChI is InChI=1S/C24H22F2N6O3/c1-14-6-8-31(21(10-14)24(33)34)23-17(26)12-27-22(28-23)19-11-20(18-7-9-35-30-18)32(29-19)13-15-4-2-3-5-16(15)25/h2-5,7,9,11-12,14,21H,6,8,10,13H2,1H3,(H,33,34)/t14-,21-/m0/s1. The van der Waals surface area contributed by atoms with Crippen LogP contribution in [-0.2, 0) is 11.3 Å². The van der Waals surface area contributed by atoms with Gasteiger partial charge in [-0.15, -0.1) is 0 Å². The molecular formula is C24H22F2N6O3. The lowest BCUT2D eigenvalue weighted by molar-refractivity contribution is -0.139. The molecule has 4 heterocycles. The Labute approximate surface area is 199 Å². The van der Waals surface area contributed by atoms with Crippen LogP contribution in [0.3, 0.4) is 0 Å². The Bertz CT molecular complexity index is 1360. The summed E-state index contributed by atoms with van der Waals surface area (Å²) in [7, 11) is 0. The summed E-state index contributed by atoms with van der Waals surface area (Å²) in [6.07, 6.45) is 3.53. The van der Waals surface area contributed by atoms with Gasteiger partial charge in [0.05, 0.1) is 18.4 Å². The zero-order valence-electron chi connectivity index (χ0n) is 18.8. The third-order valence-electron chi connectivity index (χ3n) is 6.13. The summed E-state index contributed by atoms with van der Waals surface area (Å²) >= 11 is 0. The number of nitrogens with zero attached hydrogens (tertiary/aromatic N) is 6. The Kier molecular flexibility index (Phi) is 5.98. The van der Waals surface area contributed by atoms with E-state index in [2.05, 4.69) is 20.2 Å². The number of aromatic nitrogens is 5. The minimum Gasteiger partial charge on any atom is -0.480 e. The molecule has 0 amide bonds. The first-order valence-electron chi connectivity index (χ1n) is 11.1. The van der Waals surface area contributed by atoms with E-state index >= 15 is 0 Å². The van der Waals surface area contributed by atoms with E-state index in [1.807, 2.05) is 6.92 Å². The molecule has 0 radical (unpaired) electrons. The van der Waals surface area contributed by atoms with Gasteiger partial charge in [-0.1, -0.05) is 30.3 Å². The maximum atomic E-state index is 14.8. The second kappa shape index (κ2) is 9.24.